The van der Waals surface area contributed by atoms with E-state index in [9.17, 15) is 9.59 Å². The summed E-state index contributed by atoms with van der Waals surface area (Å²) >= 11 is 0. The summed E-state index contributed by atoms with van der Waals surface area (Å²) in [6, 6.07) is 0.194. The average molecular weight is 257 g/mol. The monoisotopic (exact) mass is 257 g/mol. The van der Waals surface area contributed by atoms with Crippen LogP contribution in [0.1, 0.15) is 26.2 Å². The van der Waals surface area contributed by atoms with Crippen molar-refractivity contribution in [3.05, 3.63) is 0 Å². The number of hydrogen-bond acceptors (Lipinski definition) is 4. The summed E-state index contributed by atoms with van der Waals surface area (Å²) in [5.74, 6) is 0.0657. The maximum atomic E-state index is 12.0. The summed E-state index contributed by atoms with van der Waals surface area (Å²) in [5, 5.41) is 2.88. The summed E-state index contributed by atoms with van der Waals surface area (Å²) < 4.78 is 5.11. The fourth-order valence-electron chi connectivity index (χ4n) is 2.15. The predicted octanol–water partition coefficient (Wildman–Crippen LogP) is -0.523. The van der Waals surface area contributed by atoms with E-state index in [1.165, 1.54) is 6.92 Å². The average Bonchev–Trinajstić information content (AvgIpc) is 2.35. The first-order valence-electron chi connectivity index (χ1n) is 6.34. The van der Waals surface area contributed by atoms with Gasteiger partial charge in [0, 0.05) is 39.7 Å². The van der Waals surface area contributed by atoms with Crippen LogP contribution in [0.5, 0.6) is 0 Å². The SMILES string of the molecule is COC(CN)CC(=O)N1CCC(NC(C)=O)CC1. The van der Waals surface area contributed by atoms with Gasteiger partial charge in [-0.15, -0.1) is 0 Å². The Morgan fingerprint density at radius 3 is 2.50 bits per heavy atom. The smallest absolute Gasteiger partial charge is 0.225 e. The number of likely N-dealkylation sites (tertiary alicyclic amines) is 1. The first-order chi connectivity index (χ1) is 8.56. The Hall–Kier alpha value is -1.14. The van der Waals surface area contributed by atoms with E-state index in [1.807, 2.05) is 4.90 Å². The van der Waals surface area contributed by atoms with Gasteiger partial charge in [-0.2, -0.15) is 0 Å². The summed E-state index contributed by atoms with van der Waals surface area (Å²) in [6.45, 7) is 3.24. The minimum atomic E-state index is -0.203. The van der Waals surface area contributed by atoms with E-state index in [2.05, 4.69) is 5.32 Å². The van der Waals surface area contributed by atoms with Gasteiger partial charge in [-0.1, -0.05) is 0 Å². The molecule has 104 valence electrons. The summed E-state index contributed by atoms with van der Waals surface area (Å²) in [7, 11) is 1.56. The number of hydrogen-bond donors (Lipinski definition) is 2. The van der Waals surface area contributed by atoms with Crippen LogP contribution >= 0.6 is 0 Å². The third-order valence-electron chi connectivity index (χ3n) is 3.25. The first-order valence-corrected chi connectivity index (χ1v) is 6.34. The van der Waals surface area contributed by atoms with Crippen molar-refractivity contribution >= 4 is 11.8 Å². The van der Waals surface area contributed by atoms with Gasteiger partial charge in [-0.05, 0) is 12.8 Å². The molecule has 6 nitrogen and oxygen atoms in total. The van der Waals surface area contributed by atoms with E-state index in [-0.39, 0.29) is 24.0 Å². The van der Waals surface area contributed by atoms with Gasteiger partial charge >= 0.3 is 0 Å². The van der Waals surface area contributed by atoms with E-state index in [1.54, 1.807) is 7.11 Å². The molecule has 6 heteroatoms. The molecular formula is C12H23N3O3. The lowest BCUT2D eigenvalue weighted by Gasteiger charge is -2.32. The van der Waals surface area contributed by atoms with Crippen molar-refractivity contribution < 1.29 is 14.3 Å². The van der Waals surface area contributed by atoms with Crippen LogP contribution in [0.25, 0.3) is 0 Å². The molecule has 1 atom stereocenters. The maximum absolute atomic E-state index is 12.0. The normalized spacial score (nSPS) is 18.5. The lowest BCUT2D eigenvalue weighted by atomic mass is 10.0. The van der Waals surface area contributed by atoms with Crippen LogP contribution < -0.4 is 11.1 Å². The van der Waals surface area contributed by atoms with Crippen LogP contribution in [0.2, 0.25) is 0 Å². The van der Waals surface area contributed by atoms with Gasteiger partial charge in [-0.3, -0.25) is 9.59 Å². The van der Waals surface area contributed by atoms with Crippen LogP contribution in [-0.2, 0) is 14.3 Å². The number of carbonyl (C=O) groups excluding carboxylic acids is 2. The molecule has 3 N–H and O–H groups in total. The number of nitrogens with zero attached hydrogens (tertiary/aromatic N) is 1. The highest BCUT2D eigenvalue weighted by Crippen LogP contribution is 2.12. The fraction of sp³-hybridized carbons (Fsp3) is 0.833. The highest BCUT2D eigenvalue weighted by Gasteiger charge is 2.24. The maximum Gasteiger partial charge on any atom is 0.225 e. The van der Waals surface area contributed by atoms with Gasteiger partial charge in [0.05, 0.1) is 12.5 Å². The van der Waals surface area contributed by atoms with E-state index >= 15 is 0 Å². The first kappa shape index (κ1) is 14.9. The number of nitrogens with two attached hydrogens (primary N) is 1. The Balaban J connectivity index is 2.33. The van der Waals surface area contributed by atoms with E-state index in [0.29, 0.717) is 26.1 Å². The zero-order valence-electron chi connectivity index (χ0n) is 11.1. The second kappa shape index (κ2) is 7.33. The molecule has 0 aromatic rings. The molecule has 1 aliphatic heterocycles. The predicted molar refractivity (Wildman–Crippen MR) is 67.9 cm³/mol. The van der Waals surface area contributed by atoms with Crippen LogP contribution in [0, 0.1) is 0 Å². The van der Waals surface area contributed by atoms with Gasteiger partial charge in [0.2, 0.25) is 11.8 Å². The molecule has 1 saturated heterocycles. The van der Waals surface area contributed by atoms with Crippen molar-refractivity contribution in [1.29, 1.82) is 0 Å². The minimum Gasteiger partial charge on any atom is -0.380 e. The third-order valence-corrected chi connectivity index (χ3v) is 3.25. The number of rotatable bonds is 5. The number of nitrogens with one attached hydrogen (secondary N) is 1. The molecule has 1 heterocycles. The van der Waals surface area contributed by atoms with Gasteiger partial charge in [0.15, 0.2) is 0 Å². The highest BCUT2D eigenvalue weighted by atomic mass is 16.5. The van der Waals surface area contributed by atoms with Gasteiger partial charge in [-0.25, -0.2) is 0 Å². The summed E-state index contributed by atoms with van der Waals surface area (Å²) in [4.78, 5) is 24.7. The molecule has 0 saturated carbocycles. The summed E-state index contributed by atoms with van der Waals surface area (Å²) in [5.41, 5.74) is 5.49. The molecule has 0 aromatic carbocycles. The minimum absolute atomic E-state index is 0.0117. The van der Waals surface area contributed by atoms with Crippen molar-refractivity contribution in [3.8, 4) is 0 Å². The molecular weight excluding hydrogens is 234 g/mol. The molecule has 1 fully saturated rings. The Labute approximate surface area is 108 Å². The summed E-state index contributed by atoms with van der Waals surface area (Å²) in [6.07, 6.45) is 1.75. The van der Waals surface area contributed by atoms with Crippen molar-refractivity contribution in [2.75, 3.05) is 26.7 Å². The van der Waals surface area contributed by atoms with Gasteiger partial charge in [0.1, 0.15) is 0 Å². The Bertz CT molecular complexity index is 284. The second-order valence-electron chi connectivity index (χ2n) is 4.65. The molecule has 18 heavy (non-hydrogen) atoms. The van der Waals surface area contributed by atoms with Crippen molar-refractivity contribution in [3.63, 3.8) is 0 Å². The lowest BCUT2D eigenvalue weighted by Crippen LogP contribution is -2.47. The van der Waals surface area contributed by atoms with Crippen LogP contribution in [-0.4, -0.2) is 55.6 Å². The molecule has 0 bridgehead atoms. The molecule has 2 amide bonds. The molecule has 0 aromatic heterocycles. The Kier molecular flexibility index (Phi) is 6.07. The molecule has 1 unspecified atom stereocenters. The Morgan fingerprint density at radius 2 is 2.06 bits per heavy atom. The van der Waals surface area contributed by atoms with E-state index in [0.717, 1.165) is 12.8 Å². The van der Waals surface area contributed by atoms with Crippen LogP contribution in [0.15, 0.2) is 0 Å². The lowest BCUT2D eigenvalue weighted by molar-refractivity contribution is -0.134. The number of amides is 2. The van der Waals surface area contributed by atoms with Gasteiger partial charge in [0.25, 0.3) is 0 Å². The highest BCUT2D eigenvalue weighted by molar-refractivity contribution is 5.77. The zero-order valence-corrected chi connectivity index (χ0v) is 11.1. The third kappa shape index (κ3) is 4.62. The van der Waals surface area contributed by atoms with Crippen LogP contribution in [0.3, 0.4) is 0 Å². The fourth-order valence-corrected chi connectivity index (χ4v) is 2.15. The topological polar surface area (TPSA) is 84.7 Å². The molecule has 1 rings (SSSR count). The van der Waals surface area contributed by atoms with Crippen molar-refractivity contribution in [2.45, 2.75) is 38.3 Å². The van der Waals surface area contributed by atoms with E-state index < -0.39 is 0 Å². The molecule has 1 aliphatic rings. The number of carbonyl (C=O) groups is 2. The quantitative estimate of drug-likeness (QED) is 0.694. The van der Waals surface area contributed by atoms with Gasteiger partial charge < -0.3 is 20.7 Å². The zero-order chi connectivity index (χ0) is 13.5. The second-order valence-corrected chi connectivity index (χ2v) is 4.65. The standard InChI is InChI=1S/C12H23N3O3/c1-9(16)14-10-3-5-15(6-4-10)12(17)7-11(8-13)18-2/h10-11H,3-8,13H2,1-2H3,(H,14,16). The van der Waals surface area contributed by atoms with Crippen molar-refractivity contribution in [1.82, 2.24) is 10.2 Å². The molecule has 0 aliphatic carbocycles. The number of piperidine rings is 1. The largest absolute Gasteiger partial charge is 0.380 e. The van der Waals surface area contributed by atoms with Crippen LogP contribution in [0.4, 0.5) is 0 Å². The molecule has 0 radical (unpaired) electrons. The Morgan fingerprint density at radius 1 is 1.44 bits per heavy atom. The van der Waals surface area contributed by atoms with Crippen molar-refractivity contribution in [2.24, 2.45) is 5.73 Å². The number of ether oxygens (including phenoxy) is 1. The molecule has 0 spiro atoms. The number of methoxy groups -OCH3 is 1. The van der Waals surface area contributed by atoms with E-state index in [4.69, 9.17) is 10.5 Å².